The van der Waals surface area contributed by atoms with Crippen LogP contribution in [0.25, 0.3) is 5.76 Å². The monoisotopic (exact) mass is 426 g/mol. The second-order valence-electron chi connectivity index (χ2n) is 8.17. The van der Waals surface area contributed by atoms with E-state index in [1.165, 1.54) is 4.90 Å². The minimum atomic E-state index is -0.833. The van der Waals surface area contributed by atoms with Crippen molar-refractivity contribution >= 4 is 23.1 Å². The average molecular weight is 426 g/mol. The van der Waals surface area contributed by atoms with E-state index in [2.05, 4.69) is 4.98 Å². The number of amides is 1. The normalized spacial score (nSPS) is 21.5. The summed E-state index contributed by atoms with van der Waals surface area (Å²) >= 11 is 0. The third-order valence-corrected chi connectivity index (χ3v) is 5.96. The van der Waals surface area contributed by atoms with Gasteiger partial charge in [-0.1, -0.05) is 24.3 Å². The summed E-state index contributed by atoms with van der Waals surface area (Å²) in [5.41, 5.74) is 3.44. The average Bonchev–Trinajstić information content (AvgIpc) is 3.30. The first-order valence-corrected chi connectivity index (χ1v) is 10.5. The fourth-order valence-electron chi connectivity index (χ4n) is 4.46. The summed E-state index contributed by atoms with van der Waals surface area (Å²) in [5, 5.41) is 11.3. The summed E-state index contributed by atoms with van der Waals surface area (Å²) in [5.74, 6) is -0.853. The lowest BCUT2D eigenvalue weighted by atomic mass is 9.96. The molecule has 1 aromatic heterocycles. The molecule has 160 valence electrons. The number of hydrogen-bond acceptors (Lipinski definition) is 5. The van der Waals surface area contributed by atoms with Gasteiger partial charge < -0.3 is 9.84 Å². The van der Waals surface area contributed by atoms with Crippen molar-refractivity contribution in [2.75, 3.05) is 4.90 Å². The summed E-state index contributed by atoms with van der Waals surface area (Å²) in [7, 11) is 0. The van der Waals surface area contributed by atoms with Crippen LogP contribution in [0.2, 0.25) is 0 Å². The van der Waals surface area contributed by atoms with Gasteiger partial charge in [0.1, 0.15) is 23.7 Å². The van der Waals surface area contributed by atoms with Gasteiger partial charge in [-0.15, -0.1) is 0 Å². The number of hydrogen-bond donors (Lipinski definition) is 1. The van der Waals surface area contributed by atoms with Crippen molar-refractivity contribution in [2.45, 2.75) is 32.4 Å². The van der Waals surface area contributed by atoms with E-state index in [1.807, 2.05) is 38.1 Å². The molecule has 0 radical (unpaired) electrons. The molecular formula is C26H22N2O4. The lowest BCUT2D eigenvalue weighted by Gasteiger charge is -2.26. The SMILES string of the molecule is Cc1ccccc1N1C(=O)C(=O)/C(=C(\O)c2ccc3c(c2)CC(C)O3)C1c1ccccn1. The third kappa shape index (κ3) is 3.15. The van der Waals surface area contributed by atoms with Gasteiger partial charge in [-0.25, -0.2) is 0 Å². The maximum atomic E-state index is 13.2. The van der Waals surface area contributed by atoms with Crippen LogP contribution in [0.1, 0.15) is 35.3 Å². The second kappa shape index (κ2) is 7.64. The van der Waals surface area contributed by atoms with Crippen molar-refractivity contribution in [3.63, 3.8) is 0 Å². The van der Waals surface area contributed by atoms with E-state index >= 15 is 0 Å². The summed E-state index contributed by atoms with van der Waals surface area (Å²) < 4.78 is 5.75. The fourth-order valence-corrected chi connectivity index (χ4v) is 4.46. The Morgan fingerprint density at radius 1 is 1.09 bits per heavy atom. The van der Waals surface area contributed by atoms with Crippen molar-refractivity contribution < 1.29 is 19.4 Å². The zero-order valence-electron chi connectivity index (χ0n) is 17.8. The van der Waals surface area contributed by atoms with Gasteiger partial charge >= 0.3 is 0 Å². The lowest BCUT2D eigenvalue weighted by Crippen LogP contribution is -2.30. The van der Waals surface area contributed by atoms with Crippen molar-refractivity contribution in [3.05, 3.63) is 94.8 Å². The zero-order valence-corrected chi connectivity index (χ0v) is 17.8. The first-order valence-electron chi connectivity index (χ1n) is 10.5. The highest BCUT2D eigenvalue weighted by molar-refractivity contribution is 6.51. The van der Waals surface area contributed by atoms with Gasteiger partial charge in [-0.2, -0.15) is 0 Å². The highest BCUT2D eigenvalue weighted by atomic mass is 16.5. The molecule has 2 aliphatic rings. The zero-order chi connectivity index (χ0) is 22.4. The number of ketones is 1. The number of aromatic nitrogens is 1. The highest BCUT2D eigenvalue weighted by Gasteiger charge is 2.48. The highest BCUT2D eigenvalue weighted by Crippen LogP contribution is 2.43. The third-order valence-electron chi connectivity index (χ3n) is 5.96. The summed E-state index contributed by atoms with van der Waals surface area (Å²) in [4.78, 5) is 32.3. The van der Waals surface area contributed by atoms with Crippen LogP contribution < -0.4 is 9.64 Å². The van der Waals surface area contributed by atoms with E-state index in [1.54, 1.807) is 42.6 Å². The number of carbonyl (C=O) groups excluding carboxylic acids is 2. The van der Waals surface area contributed by atoms with Gasteiger partial charge in [0.15, 0.2) is 0 Å². The minimum Gasteiger partial charge on any atom is -0.507 e. The molecule has 1 saturated heterocycles. The fraction of sp³-hybridized carbons (Fsp3) is 0.192. The van der Waals surface area contributed by atoms with Crippen molar-refractivity contribution in [1.29, 1.82) is 0 Å². The van der Waals surface area contributed by atoms with E-state index in [-0.39, 0.29) is 17.4 Å². The molecule has 0 saturated carbocycles. The standard InChI is InChI=1S/C26H22N2O4/c1-15-7-3-4-9-20(15)28-23(19-8-5-6-12-27-19)22(25(30)26(28)31)24(29)17-10-11-21-18(14-17)13-16(2)32-21/h3-12,14,16,23,29H,13H2,1-2H3/b24-22-. The molecule has 0 spiro atoms. The first-order chi connectivity index (χ1) is 15.5. The number of fused-ring (bicyclic) bond motifs is 1. The molecule has 1 amide bonds. The lowest BCUT2D eigenvalue weighted by molar-refractivity contribution is -0.132. The molecular weight excluding hydrogens is 404 g/mol. The smallest absolute Gasteiger partial charge is 0.300 e. The molecule has 2 aliphatic heterocycles. The Morgan fingerprint density at radius 3 is 2.62 bits per heavy atom. The van der Waals surface area contributed by atoms with Gasteiger partial charge in [-0.05, 0) is 61.4 Å². The van der Waals surface area contributed by atoms with Crippen LogP contribution in [0.4, 0.5) is 5.69 Å². The number of aliphatic hydroxyl groups excluding tert-OH is 1. The van der Waals surface area contributed by atoms with Crippen molar-refractivity contribution in [2.24, 2.45) is 0 Å². The van der Waals surface area contributed by atoms with E-state index in [0.29, 0.717) is 16.9 Å². The van der Waals surface area contributed by atoms with E-state index in [9.17, 15) is 14.7 Å². The maximum absolute atomic E-state index is 13.2. The van der Waals surface area contributed by atoms with Gasteiger partial charge in [0, 0.05) is 23.9 Å². The maximum Gasteiger partial charge on any atom is 0.300 e. The molecule has 1 N–H and O–H groups in total. The number of rotatable bonds is 3. The Kier molecular flexibility index (Phi) is 4.78. The number of aryl methyl sites for hydroxylation is 1. The van der Waals surface area contributed by atoms with Crippen LogP contribution in [-0.4, -0.2) is 27.9 Å². The summed E-state index contributed by atoms with van der Waals surface area (Å²) in [6.07, 6.45) is 2.39. The van der Waals surface area contributed by atoms with Gasteiger partial charge in [0.2, 0.25) is 0 Å². The van der Waals surface area contributed by atoms with E-state index in [4.69, 9.17) is 4.74 Å². The first kappa shape index (κ1) is 20.0. The van der Waals surface area contributed by atoms with E-state index < -0.39 is 17.7 Å². The number of carbonyl (C=O) groups is 2. The number of nitrogens with zero attached hydrogens (tertiary/aromatic N) is 2. The second-order valence-corrected chi connectivity index (χ2v) is 8.17. The van der Waals surface area contributed by atoms with Crippen LogP contribution in [0.5, 0.6) is 5.75 Å². The van der Waals surface area contributed by atoms with Crippen LogP contribution in [0.15, 0.2) is 72.4 Å². The van der Waals surface area contributed by atoms with Crippen molar-refractivity contribution in [3.8, 4) is 5.75 Å². The number of aliphatic hydroxyl groups is 1. The molecule has 5 rings (SSSR count). The molecule has 6 heteroatoms. The Balaban J connectivity index is 1.70. The predicted molar refractivity (Wildman–Crippen MR) is 120 cm³/mol. The van der Waals surface area contributed by atoms with Crippen molar-refractivity contribution in [1.82, 2.24) is 4.98 Å². The summed E-state index contributed by atoms with van der Waals surface area (Å²) in [6, 6.07) is 17.2. The van der Waals surface area contributed by atoms with Crippen LogP contribution in [0.3, 0.4) is 0 Å². The largest absolute Gasteiger partial charge is 0.507 e. The Hall–Kier alpha value is -3.93. The van der Waals surface area contributed by atoms with Gasteiger partial charge in [-0.3, -0.25) is 19.5 Å². The minimum absolute atomic E-state index is 0.0314. The molecule has 32 heavy (non-hydrogen) atoms. The Morgan fingerprint density at radius 2 is 1.88 bits per heavy atom. The quantitative estimate of drug-likeness (QED) is 0.383. The molecule has 2 aromatic carbocycles. The number of Topliss-reactive ketones (excluding diaryl/α,β-unsaturated/α-hetero) is 1. The number of benzene rings is 2. The topological polar surface area (TPSA) is 79.7 Å². The number of anilines is 1. The van der Waals surface area contributed by atoms with Crippen LogP contribution in [-0.2, 0) is 16.0 Å². The molecule has 6 nitrogen and oxygen atoms in total. The Labute approximate surface area is 185 Å². The molecule has 2 unspecified atom stereocenters. The number of para-hydroxylation sites is 1. The molecule has 3 heterocycles. The Bertz CT molecular complexity index is 1270. The molecule has 1 fully saturated rings. The van der Waals surface area contributed by atoms with Crippen LogP contribution in [0, 0.1) is 6.92 Å². The van der Waals surface area contributed by atoms with Crippen LogP contribution >= 0.6 is 0 Å². The molecule has 0 bridgehead atoms. The predicted octanol–water partition coefficient (Wildman–Crippen LogP) is 4.34. The van der Waals surface area contributed by atoms with E-state index in [0.717, 1.165) is 23.3 Å². The number of ether oxygens (including phenoxy) is 1. The number of pyridine rings is 1. The molecule has 0 aliphatic carbocycles. The van der Waals surface area contributed by atoms with Gasteiger partial charge in [0.25, 0.3) is 11.7 Å². The molecule has 2 atom stereocenters. The van der Waals surface area contributed by atoms with Gasteiger partial charge in [0.05, 0.1) is 11.3 Å². The summed E-state index contributed by atoms with van der Waals surface area (Å²) in [6.45, 7) is 3.86. The molecule has 3 aromatic rings.